The summed E-state index contributed by atoms with van der Waals surface area (Å²) in [4.78, 5) is 40.0. The molecule has 0 aliphatic carbocycles. The standard InChI is InChI=1S/C27H31N9O3S2/c1-5-19-24(34(4)25-31-23(20(12-28)40-25)17-8-6-16(2)7-9-17)36-26(30-19)41-27(32-36)35-11-10-18(14-35)33(3)15-21(37)29-13-22(38)39/h6-9,18H,5,10-11,13-15H2,1-4H3,(H,29,37)(H,38,39). The number of nitrogens with zero attached hydrogens (tertiary/aromatic N) is 8. The molecule has 1 aliphatic heterocycles. The molecule has 1 saturated heterocycles. The number of benzene rings is 1. The molecule has 14 heteroatoms. The number of thiazole rings is 1. The monoisotopic (exact) mass is 593 g/mol. The largest absolute Gasteiger partial charge is 0.480 e. The zero-order chi connectivity index (χ0) is 29.3. The molecule has 1 fully saturated rings. The van der Waals surface area contributed by atoms with E-state index in [2.05, 4.69) is 23.2 Å². The highest BCUT2D eigenvalue weighted by molar-refractivity contribution is 7.20. The van der Waals surface area contributed by atoms with E-state index in [1.165, 1.54) is 22.7 Å². The van der Waals surface area contributed by atoms with Gasteiger partial charge in [0.15, 0.2) is 10.9 Å². The lowest BCUT2D eigenvalue weighted by molar-refractivity contribution is -0.138. The number of carboxylic acid groups (broad SMARTS) is 1. The van der Waals surface area contributed by atoms with Gasteiger partial charge in [-0.3, -0.25) is 14.5 Å². The van der Waals surface area contributed by atoms with Crippen molar-refractivity contribution in [1.82, 2.24) is 29.8 Å². The predicted octanol–water partition coefficient (Wildman–Crippen LogP) is 3.14. The molecule has 1 amide bonds. The van der Waals surface area contributed by atoms with Crippen LogP contribution in [0.15, 0.2) is 24.3 Å². The van der Waals surface area contributed by atoms with Gasteiger partial charge in [-0.2, -0.15) is 9.78 Å². The smallest absolute Gasteiger partial charge is 0.322 e. The lowest BCUT2D eigenvalue weighted by atomic mass is 10.1. The zero-order valence-corrected chi connectivity index (χ0v) is 24.9. The Morgan fingerprint density at radius 1 is 1.22 bits per heavy atom. The van der Waals surface area contributed by atoms with Crippen molar-refractivity contribution < 1.29 is 14.7 Å². The molecule has 1 aliphatic rings. The molecule has 1 atom stereocenters. The first-order chi connectivity index (χ1) is 19.7. The van der Waals surface area contributed by atoms with Crippen LogP contribution in [0.1, 0.15) is 29.5 Å². The number of imidazole rings is 1. The van der Waals surface area contributed by atoms with Crippen LogP contribution in [0.25, 0.3) is 16.2 Å². The van der Waals surface area contributed by atoms with E-state index < -0.39 is 5.97 Å². The van der Waals surface area contributed by atoms with Crippen molar-refractivity contribution in [3.63, 3.8) is 0 Å². The van der Waals surface area contributed by atoms with Crippen LogP contribution in [0.3, 0.4) is 0 Å². The number of aromatic nitrogens is 4. The number of likely N-dealkylation sites (N-methyl/N-ethyl adjacent to an activating group) is 1. The number of carbonyl (C=O) groups excluding carboxylic acids is 1. The number of rotatable bonds is 10. The summed E-state index contributed by atoms with van der Waals surface area (Å²) < 4.78 is 1.86. The van der Waals surface area contributed by atoms with Crippen molar-refractivity contribution >= 4 is 55.6 Å². The highest BCUT2D eigenvalue weighted by Crippen LogP contribution is 2.38. The molecule has 1 unspecified atom stereocenters. The number of aliphatic carboxylic acids is 1. The van der Waals surface area contributed by atoms with Crippen LogP contribution in [-0.4, -0.2) is 87.8 Å². The number of carbonyl (C=O) groups is 2. The number of fused-ring (bicyclic) bond motifs is 1. The first-order valence-corrected chi connectivity index (χ1v) is 14.9. The molecular weight excluding hydrogens is 562 g/mol. The van der Waals surface area contributed by atoms with E-state index in [1.54, 1.807) is 0 Å². The predicted molar refractivity (Wildman–Crippen MR) is 159 cm³/mol. The molecule has 214 valence electrons. The second-order valence-corrected chi connectivity index (χ2v) is 11.9. The summed E-state index contributed by atoms with van der Waals surface area (Å²) in [6, 6.07) is 10.4. The van der Waals surface area contributed by atoms with Crippen molar-refractivity contribution in [2.45, 2.75) is 32.7 Å². The molecule has 0 saturated carbocycles. The highest BCUT2D eigenvalue weighted by Gasteiger charge is 2.30. The van der Waals surface area contributed by atoms with Gasteiger partial charge in [-0.15, -0.1) is 5.10 Å². The minimum absolute atomic E-state index is 0.130. The van der Waals surface area contributed by atoms with E-state index in [0.29, 0.717) is 28.7 Å². The molecule has 0 spiro atoms. The number of anilines is 3. The quantitative estimate of drug-likeness (QED) is 0.282. The molecule has 0 radical (unpaired) electrons. The van der Waals surface area contributed by atoms with Gasteiger partial charge in [0, 0.05) is 31.7 Å². The van der Waals surface area contributed by atoms with Crippen LogP contribution in [0.2, 0.25) is 0 Å². The molecule has 12 nitrogen and oxygen atoms in total. The summed E-state index contributed by atoms with van der Waals surface area (Å²) in [6.07, 6.45) is 1.57. The van der Waals surface area contributed by atoms with E-state index in [-0.39, 0.29) is 25.0 Å². The van der Waals surface area contributed by atoms with Gasteiger partial charge in [-0.05, 0) is 26.8 Å². The minimum Gasteiger partial charge on any atom is -0.480 e. The minimum atomic E-state index is -1.06. The van der Waals surface area contributed by atoms with Gasteiger partial charge < -0.3 is 20.2 Å². The van der Waals surface area contributed by atoms with Crippen LogP contribution >= 0.6 is 22.7 Å². The van der Waals surface area contributed by atoms with Crippen molar-refractivity contribution in [2.24, 2.45) is 0 Å². The fourth-order valence-electron chi connectivity index (χ4n) is 4.86. The number of carboxylic acids is 1. The molecule has 4 aromatic rings. The maximum Gasteiger partial charge on any atom is 0.322 e. The molecular formula is C27H31N9O3S2. The van der Waals surface area contributed by atoms with E-state index in [9.17, 15) is 14.9 Å². The number of amides is 1. The number of hydrogen-bond acceptors (Lipinski definition) is 11. The van der Waals surface area contributed by atoms with Gasteiger partial charge in [-0.1, -0.05) is 59.4 Å². The van der Waals surface area contributed by atoms with Crippen LogP contribution in [0.5, 0.6) is 0 Å². The lowest BCUT2D eigenvalue weighted by Crippen LogP contribution is -2.43. The van der Waals surface area contributed by atoms with Crippen molar-refractivity contribution in [3.8, 4) is 17.3 Å². The van der Waals surface area contributed by atoms with Crippen molar-refractivity contribution in [3.05, 3.63) is 40.4 Å². The maximum atomic E-state index is 12.1. The summed E-state index contributed by atoms with van der Waals surface area (Å²) >= 11 is 2.86. The third-order valence-electron chi connectivity index (χ3n) is 7.11. The molecule has 3 aromatic heterocycles. The summed E-state index contributed by atoms with van der Waals surface area (Å²) in [5, 5.41) is 27.5. The summed E-state index contributed by atoms with van der Waals surface area (Å²) in [7, 11) is 3.80. The SMILES string of the molecule is CCc1nc2sc(N3CCC(N(C)CC(=O)NCC(=O)O)C3)nn2c1N(C)c1nc(-c2ccc(C)cc2)c(C#N)s1. The first-order valence-electron chi connectivity index (χ1n) is 13.2. The van der Waals surface area contributed by atoms with Gasteiger partial charge >= 0.3 is 5.97 Å². The van der Waals surface area contributed by atoms with Gasteiger partial charge in [0.2, 0.25) is 16.0 Å². The molecule has 41 heavy (non-hydrogen) atoms. The Labute approximate surface area is 245 Å². The van der Waals surface area contributed by atoms with Crippen LogP contribution in [0.4, 0.5) is 16.1 Å². The Balaban J connectivity index is 1.36. The fourth-order valence-corrected chi connectivity index (χ4v) is 6.66. The zero-order valence-electron chi connectivity index (χ0n) is 23.3. The molecule has 1 aromatic carbocycles. The fraction of sp³-hybridized carbons (Fsp3) is 0.407. The Bertz CT molecular complexity index is 1620. The summed E-state index contributed by atoms with van der Waals surface area (Å²) in [5.74, 6) is -0.556. The summed E-state index contributed by atoms with van der Waals surface area (Å²) in [5.41, 5.74) is 3.61. The maximum absolute atomic E-state index is 12.1. The first kappa shape index (κ1) is 28.5. The number of nitrogens with one attached hydrogen (secondary N) is 1. The van der Waals surface area contributed by atoms with E-state index in [4.69, 9.17) is 20.2 Å². The van der Waals surface area contributed by atoms with Gasteiger partial charge in [0.05, 0.1) is 12.2 Å². The third kappa shape index (κ3) is 5.88. The van der Waals surface area contributed by atoms with Gasteiger partial charge in [0.1, 0.15) is 23.2 Å². The average molecular weight is 594 g/mol. The molecule has 2 N–H and O–H groups in total. The van der Waals surface area contributed by atoms with E-state index >= 15 is 0 Å². The van der Waals surface area contributed by atoms with Gasteiger partial charge in [0.25, 0.3) is 0 Å². The Hall–Kier alpha value is -4.06. The van der Waals surface area contributed by atoms with Crippen LogP contribution < -0.4 is 15.1 Å². The Morgan fingerprint density at radius 3 is 2.66 bits per heavy atom. The highest BCUT2D eigenvalue weighted by atomic mass is 32.1. The van der Waals surface area contributed by atoms with E-state index in [0.717, 1.165) is 45.7 Å². The number of nitriles is 1. The Morgan fingerprint density at radius 2 is 1.98 bits per heavy atom. The lowest BCUT2D eigenvalue weighted by Gasteiger charge is -2.23. The third-order valence-corrected chi connectivity index (χ3v) is 9.11. The van der Waals surface area contributed by atoms with Crippen LogP contribution in [-0.2, 0) is 16.0 Å². The summed E-state index contributed by atoms with van der Waals surface area (Å²) in [6.45, 7) is 5.31. The average Bonchev–Trinajstić information content (AvgIpc) is 3.73. The number of aryl methyl sites for hydroxylation is 2. The Kier molecular flexibility index (Phi) is 8.20. The molecule has 5 rings (SSSR count). The normalized spacial score (nSPS) is 15.0. The van der Waals surface area contributed by atoms with Crippen molar-refractivity contribution in [2.75, 3.05) is 50.1 Å². The molecule has 4 heterocycles. The topological polar surface area (TPSA) is 143 Å². The van der Waals surface area contributed by atoms with E-state index in [1.807, 2.05) is 59.6 Å². The second-order valence-electron chi connectivity index (χ2n) is 10.00. The van der Waals surface area contributed by atoms with Crippen molar-refractivity contribution in [1.29, 1.82) is 5.26 Å². The number of hydrogen-bond donors (Lipinski definition) is 2. The molecule has 0 bridgehead atoms. The van der Waals surface area contributed by atoms with Crippen LogP contribution in [0, 0.1) is 18.3 Å². The second kappa shape index (κ2) is 11.8. The van der Waals surface area contributed by atoms with Gasteiger partial charge in [-0.25, -0.2) is 9.97 Å².